The third-order valence-corrected chi connectivity index (χ3v) is 5.63. The van der Waals surface area contributed by atoms with Crippen LogP contribution in [0.1, 0.15) is 52.8 Å². The molecule has 0 aromatic heterocycles. The molecule has 4 rings (SSSR count). The number of amides is 2. The Kier molecular flexibility index (Phi) is 5.11. The van der Waals surface area contributed by atoms with E-state index in [0.29, 0.717) is 35.9 Å². The van der Waals surface area contributed by atoms with Crippen molar-refractivity contribution in [2.24, 2.45) is 4.99 Å². The number of nitrogens with zero attached hydrogens (tertiary/aromatic N) is 2. The fourth-order valence-electron chi connectivity index (χ4n) is 4.20. The molecule has 3 heterocycles. The molecule has 2 amide bonds. The fourth-order valence-corrected chi connectivity index (χ4v) is 4.20. The first-order chi connectivity index (χ1) is 13.2. The van der Waals surface area contributed by atoms with Gasteiger partial charge in [0.2, 0.25) is 0 Å². The maximum atomic E-state index is 12.3. The highest BCUT2D eigenvalue weighted by molar-refractivity contribution is 6.21. The molecule has 2 fully saturated rings. The number of benzene rings is 1. The van der Waals surface area contributed by atoms with Crippen molar-refractivity contribution in [3.8, 4) is 0 Å². The standard InChI is InChI=1S/C20H26N4O3/c1-21-20(23-16-12-13-8-9-17(16)27-13)22-10-4-5-11-24-18(25)14-6-2-3-7-15(14)19(24)26/h2-3,6-7,13,16-17H,4-5,8-12H2,1H3,(H2,21,22,23). The van der Waals surface area contributed by atoms with Crippen LogP contribution in [0.5, 0.6) is 0 Å². The Hall–Kier alpha value is -2.41. The van der Waals surface area contributed by atoms with Crippen LogP contribution < -0.4 is 10.6 Å². The molecule has 0 spiro atoms. The van der Waals surface area contributed by atoms with Gasteiger partial charge in [-0.15, -0.1) is 0 Å². The SMILES string of the molecule is CN=C(NCCCCN1C(=O)c2ccccc2C1=O)NC1CC2CCC1O2. The first-order valence-corrected chi connectivity index (χ1v) is 9.75. The number of carbonyl (C=O) groups excluding carboxylic acids is 2. The number of hydrogen-bond acceptors (Lipinski definition) is 4. The summed E-state index contributed by atoms with van der Waals surface area (Å²) in [5.41, 5.74) is 1.02. The lowest BCUT2D eigenvalue weighted by Gasteiger charge is -2.22. The molecule has 3 unspecified atom stereocenters. The molecule has 0 aliphatic carbocycles. The Morgan fingerprint density at radius 3 is 2.52 bits per heavy atom. The van der Waals surface area contributed by atoms with Crippen LogP contribution in [0.3, 0.4) is 0 Å². The largest absolute Gasteiger partial charge is 0.373 e. The molecular formula is C20H26N4O3. The van der Waals surface area contributed by atoms with Gasteiger partial charge < -0.3 is 15.4 Å². The number of ether oxygens (including phenoxy) is 1. The van der Waals surface area contributed by atoms with Crippen LogP contribution in [-0.2, 0) is 4.74 Å². The molecule has 3 atom stereocenters. The predicted octanol–water partition coefficient (Wildman–Crippen LogP) is 1.55. The molecular weight excluding hydrogens is 344 g/mol. The van der Waals surface area contributed by atoms with Gasteiger partial charge in [0.05, 0.1) is 29.4 Å². The van der Waals surface area contributed by atoms with Gasteiger partial charge in [0.25, 0.3) is 11.8 Å². The Labute approximate surface area is 159 Å². The van der Waals surface area contributed by atoms with Crippen LogP contribution in [0.2, 0.25) is 0 Å². The van der Waals surface area contributed by atoms with Crippen molar-refractivity contribution in [1.82, 2.24) is 15.5 Å². The Morgan fingerprint density at radius 2 is 1.93 bits per heavy atom. The summed E-state index contributed by atoms with van der Waals surface area (Å²) in [6.07, 6.45) is 5.67. The summed E-state index contributed by atoms with van der Waals surface area (Å²) in [5.74, 6) is 0.423. The molecule has 0 radical (unpaired) electrons. The number of nitrogens with one attached hydrogen (secondary N) is 2. The van der Waals surface area contributed by atoms with Crippen LogP contribution in [-0.4, -0.2) is 61.1 Å². The number of fused-ring (bicyclic) bond motifs is 3. The average Bonchev–Trinajstić information content (AvgIpc) is 3.37. The average molecular weight is 370 g/mol. The van der Waals surface area contributed by atoms with Gasteiger partial charge >= 0.3 is 0 Å². The normalized spacial score (nSPS) is 26.6. The van der Waals surface area contributed by atoms with E-state index in [-0.39, 0.29) is 11.8 Å². The van der Waals surface area contributed by atoms with Crippen LogP contribution in [0.25, 0.3) is 0 Å². The molecule has 3 aliphatic heterocycles. The van der Waals surface area contributed by atoms with Crippen molar-refractivity contribution < 1.29 is 14.3 Å². The van der Waals surface area contributed by atoms with E-state index in [2.05, 4.69) is 15.6 Å². The minimum Gasteiger partial charge on any atom is -0.373 e. The molecule has 144 valence electrons. The van der Waals surface area contributed by atoms with E-state index in [1.807, 2.05) is 0 Å². The zero-order valence-electron chi connectivity index (χ0n) is 15.6. The number of aliphatic imine (C=N–C) groups is 1. The molecule has 2 bridgehead atoms. The van der Waals surface area contributed by atoms with E-state index in [4.69, 9.17) is 4.74 Å². The second kappa shape index (κ2) is 7.68. The van der Waals surface area contributed by atoms with E-state index in [1.165, 1.54) is 11.3 Å². The van der Waals surface area contributed by atoms with Crippen molar-refractivity contribution in [1.29, 1.82) is 0 Å². The fraction of sp³-hybridized carbons (Fsp3) is 0.550. The lowest BCUT2D eigenvalue weighted by molar-refractivity contribution is 0.0652. The van der Waals surface area contributed by atoms with Gasteiger partial charge in [-0.25, -0.2) is 0 Å². The summed E-state index contributed by atoms with van der Waals surface area (Å²) >= 11 is 0. The van der Waals surface area contributed by atoms with Gasteiger partial charge in [0.1, 0.15) is 0 Å². The molecule has 3 aliphatic rings. The lowest BCUT2D eigenvalue weighted by Crippen LogP contribution is -2.47. The number of unbranched alkanes of at least 4 members (excludes halogenated alkanes) is 1. The van der Waals surface area contributed by atoms with Gasteiger partial charge in [-0.05, 0) is 44.2 Å². The highest BCUT2D eigenvalue weighted by Crippen LogP contribution is 2.34. The smallest absolute Gasteiger partial charge is 0.261 e. The quantitative estimate of drug-likeness (QED) is 0.344. The first-order valence-electron chi connectivity index (χ1n) is 9.75. The molecule has 1 aromatic carbocycles. The topological polar surface area (TPSA) is 83.0 Å². The summed E-state index contributed by atoms with van der Waals surface area (Å²) in [7, 11) is 1.77. The van der Waals surface area contributed by atoms with Crippen LogP contribution in [0, 0.1) is 0 Å². The number of imide groups is 1. The Morgan fingerprint density at radius 1 is 1.19 bits per heavy atom. The Bertz CT molecular complexity index is 728. The molecule has 2 N–H and O–H groups in total. The van der Waals surface area contributed by atoms with Gasteiger partial charge in [-0.2, -0.15) is 0 Å². The highest BCUT2D eigenvalue weighted by atomic mass is 16.5. The van der Waals surface area contributed by atoms with Gasteiger partial charge in [-0.1, -0.05) is 12.1 Å². The van der Waals surface area contributed by atoms with Crippen molar-refractivity contribution in [3.63, 3.8) is 0 Å². The summed E-state index contributed by atoms with van der Waals surface area (Å²) in [6, 6.07) is 7.35. The Balaban J connectivity index is 1.18. The minimum absolute atomic E-state index is 0.183. The molecule has 7 heteroatoms. The third-order valence-electron chi connectivity index (χ3n) is 5.63. The first kappa shape index (κ1) is 18.0. The third kappa shape index (κ3) is 3.56. The van der Waals surface area contributed by atoms with E-state index in [1.54, 1.807) is 31.3 Å². The molecule has 27 heavy (non-hydrogen) atoms. The van der Waals surface area contributed by atoms with Crippen molar-refractivity contribution in [2.45, 2.75) is 50.4 Å². The molecule has 0 saturated carbocycles. The minimum atomic E-state index is -0.183. The maximum absolute atomic E-state index is 12.3. The van der Waals surface area contributed by atoms with Gasteiger partial charge in [0, 0.05) is 20.1 Å². The van der Waals surface area contributed by atoms with Gasteiger partial charge in [-0.3, -0.25) is 19.5 Å². The van der Waals surface area contributed by atoms with Crippen LogP contribution in [0.4, 0.5) is 0 Å². The number of rotatable bonds is 6. The monoisotopic (exact) mass is 370 g/mol. The van der Waals surface area contributed by atoms with E-state index >= 15 is 0 Å². The second-order valence-corrected chi connectivity index (χ2v) is 7.37. The van der Waals surface area contributed by atoms with E-state index < -0.39 is 0 Å². The zero-order valence-corrected chi connectivity index (χ0v) is 15.6. The summed E-state index contributed by atoms with van der Waals surface area (Å²) in [4.78, 5) is 30.3. The molecule has 2 saturated heterocycles. The van der Waals surface area contributed by atoms with Crippen molar-refractivity contribution in [3.05, 3.63) is 35.4 Å². The van der Waals surface area contributed by atoms with Crippen molar-refractivity contribution >= 4 is 17.8 Å². The molecule has 7 nitrogen and oxygen atoms in total. The maximum Gasteiger partial charge on any atom is 0.261 e. The van der Waals surface area contributed by atoms with Crippen molar-refractivity contribution in [2.75, 3.05) is 20.1 Å². The van der Waals surface area contributed by atoms with Crippen LogP contribution >= 0.6 is 0 Å². The lowest BCUT2D eigenvalue weighted by atomic mass is 9.96. The number of hydrogen-bond donors (Lipinski definition) is 2. The van der Waals surface area contributed by atoms with Gasteiger partial charge in [0.15, 0.2) is 5.96 Å². The summed E-state index contributed by atoms with van der Waals surface area (Å²) < 4.78 is 5.86. The number of carbonyl (C=O) groups is 2. The number of guanidine groups is 1. The highest BCUT2D eigenvalue weighted by Gasteiger charge is 2.41. The van der Waals surface area contributed by atoms with E-state index in [0.717, 1.165) is 38.2 Å². The predicted molar refractivity (Wildman–Crippen MR) is 102 cm³/mol. The summed E-state index contributed by atoms with van der Waals surface area (Å²) in [6.45, 7) is 1.19. The van der Waals surface area contributed by atoms with Crippen LogP contribution in [0.15, 0.2) is 29.3 Å². The molecule has 1 aromatic rings. The summed E-state index contributed by atoms with van der Waals surface area (Å²) in [5, 5.41) is 6.77. The second-order valence-electron chi connectivity index (χ2n) is 7.37. The van der Waals surface area contributed by atoms with E-state index in [9.17, 15) is 9.59 Å². The zero-order chi connectivity index (χ0) is 18.8.